The maximum Gasteiger partial charge on any atom is 0.303 e. The van der Waals surface area contributed by atoms with E-state index in [0.29, 0.717) is 13.0 Å². The summed E-state index contributed by atoms with van der Waals surface area (Å²) in [5.74, 6) is -1.01. The molecule has 5 nitrogen and oxygen atoms in total. The van der Waals surface area contributed by atoms with Gasteiger partial charge in [-0.05, 0) is 6.42 Å². The van der Waals surface area contributed by atoms with Crippen molar-refractivity contribution in [2.24, 2.45) is 0 Å². The number of rotatable bonds is 6. The van der Waals surface area contributed by atoms with E-state index in [4.69, 9.17) is 10.2 Å². The van der Waals surface area contributed by atoms with Crippen LogP contribution in [0.4, 0.5) is 0 Å². The lowest BCUT2D eigenvalue weighted by Crippen LogP contribution is -2.32. The molecule has 76 valence electrons. The SMILES string of the molecule is CC(=O)N(CCO)CCCC(=O)O. The molecule has 0 aliphatic carbocycles. The molecule has 0 aliphatic heterocycles. The van der Waals surface area contributed by atoms with Gasteiger partial charge in [0.1, 0.15) is 0 Å². The molecule has 13 heavy (non-hydrogen) atoms. The van der Waals surface area contributed by atoms with E-state index in [0.717, 1.165) is 0 Å². The number of aliphatic hydroxyl groups excluding tert-OH is 1. The van der Waals surface area contributed by atoms with Crippen LogP contribution in [-0.4, -0.2) is 46.7 Å². The standard InChI is InChI=1S/C8H15NO4/c1-7(11)9(5-6-10)4-2-3-8(12)13/h10H,2-6H2,1H3,(H,12,13). The number of carbonyl (C=O) groups excluding carboxylic acids is 1. The van der Waals surface area contributed by atoms with E-state index in [9.17, 15) is 9.59 Å². The number of carboxylic acid groups (broad SMARTS) is 1. The van der Waals surface area contributed by atoms with Crippen molar-refractivity contribution in [3.8, 4) is 0 Å². The predicted molar refractivity (Wildman–Crippen MR) is 46.2 cm³/mol. The molecular formula is C8H15NO4. The minimum Gasteiger partial charge on any atom is -0.481 e. The van der Waals surface area contributed by atoms with Gasteiger partial charge < -0.3 is 15.1 Å². The van der Waals surface area contributed by atoms with E-state index < -0.39 is 5.97 Å². The van der Waals surface area contributed by atoms with Crippen molar-refractivity contribution < 1.29 is 19.8 Å². The first-order valence-corrected chi connectivity index (χ1v) is 4.16. The molecule has 0 bridgehead atoms. The molecule has 0 heterocycles. The van der Waals surface area contributed by atoms with Crippen LogP contribution in [0.15, 0.2) is 0 Å². The summed E-state index contributed by atoms with van der Waals surface area (Å²) in [5.41, 5.74) is 0. The molecule has 0 aliphatic rings. The van der Waals surface area contributed by atoms with E-state index in [1.54, 1.807) is 0 Å². The molecule has 0 spiro atoms. The van der Waals surface area contributed by atoms with Gasteiger partial charge in [0.05, 0.1) is 6.61 Å². The van der Waals surface area contributed by atoms with Crippen molar-refractivity contribution in [3.63, 3.8) is 0 Å². The van der Waals surface area contributed by atoms with Gasteiger partial charge in [0.15, 0.2) is 0 Å². The molecule has 0 saturated heterocycles. The largest absolute Gasteiger partial charge is 0.481 e. The Morgan fingerprint density at radius 3 is 2.31 bits per heavy atom. The maximum absolute atomic E-state index is 10.9. The molecule has 0 rings (SSSR count). The van der Waals surface area contributed by atoms with Gasteiger partial charge >= 0.3 is 5.97 Å². The molecule has 0 aromatic carbocycles. The highest BCUT2D eigenvalue weighted by atomic mass is 16.4. The van der Waals surface area contributed by atoms with Gasteiger partial charge in [-0.15, -0.1) is 0 Å². The summed E-state index contributed by atoms with van der Waals surface area (Å²) in [6.45, 7) is 1.97. The summed E-state index contributed by atoms with van der Waals surface area (Å²) >= 11 is 0. The molecule has 0 fully saturated rings. The lowest BCUT2D eigenvalue weighted by molar-refractivity contribution is -0.138. The van der Waals surface area contributed by atoms with Crippen molar-refractivity contribution in [1.82, 2.24) is 4.90 Å². The molecule has 0 unspecified atom stereocenters. The predicted octanol–water partition coefficient (Wildman–Crippen LogP) is -0.308. The Labute approximate surface area is 77.0 Å². The van der Waals surface area contributed by atoms with E-state index in [-0.39, 0.29) is 25.5 Å². The third kappa shape index (κ3) is 6.10. The van der Waals surface area contributed by atoms with Crippen molar-refractivity contribution in [3.05, 3.63) is 0 Å². The average molecular weight is 189 g/mol. The van der Waals surface area contributed by atoms with Gasteiger partial charge in [-0.25, -0.2) is 0 Å². The maximum atomic E-state index is 10.9. The Balaban J connectivity index is 3.69. The van der Waals surface area contributed by atoms with E-state index >= 15 is 0 Å². The molecule has 1 amide bonds. The van der Waals surface area contributed by atoms with E-state index in [1.807, 2.05) is 0 Å². The first-order valence-electron chi connectivity index (χ1n) is 4.16. The number of aliphatic hydroxyl groups is 1. The normalized spacial score (nSPS) is 9.69. The highest BCUT2D eigenvalue weighted by Gasteiger charge is 2.07. The third-order valence-electron chi connectivity index (χ3n) is 1.63. The van der Waals surface area contributed by atoms with E-state index in [2.05, 4.69) is 0 Å². The second kappa shape index (κ2) is 6.42. The van der Waals surface area contributed by atoms with Crippen LogP contribution in [0.2, 0.25) is 0 Å². The van der Waals surface area contributed by atoms with Crippen molar-refractivity contribution in [2.75, 3.05) is 19.7 Å². The minimum absolute atomic E-state index is 0.0508. The monoisotopic (exact) mass is 189 g/mol. The number of aliphatic carboxylic acids is 1. The molecule has 0 aromatic heterocycles. The van der Waals surface area contributed by atoms with Gasteiger partial charge in [-0.2, -0.15) is 0 Å². The van der Waals surface area contributed by atoms with Crippen LogP contribution >= 0.6 is 0 Å². The summed E-state index contributed by atoms with van der Waals surface area (Å²) in [6, 6.07) is 0. The summed E-state index contributed by atoms with van der Waals surface area (Å²) in [4.78, 5) is 22.5. The molecule has 0 aromatic rings. The van der Waals surface area contributed by atoms with Gasteiger partial charge in [0.25, 0.3) is 0 Å². The van der Waals surface area contributed by atoms with Crippen molar-refractivity contribution in [1.29, 1.82) is 0 Å². The lowest BCUT2D eigenvalue weighted by Gasteiger charge is -2.18. The summed E-state index contributed by atoms with van der Waals surface area (Å²) < 4.78 is 0. The number of hydrogen-bond acceptors (Lipinski definition) is 3. The average Bonchev–Trinajstić information content (AvgIpc) is 2.02. The number of nitrogens with zero attached hydrogens (tertiary/aromatic N) is 1. The van der Waals surface area contributed by atoms with Crippen LogP contribution in [0.25, 0.3) is 0 Å². The number of carboxylic acids is 1. The van der Waals surface area contributed by atoms with E-state index in [1.165, 1.54) is 11.8 Å². The second-order valence-corrected chi connectivity index (χ2v) is 2.73. The molecule has 5 heteroatoms. The van der Waals surface area contributed by atoms with Crippen molar-refractivity contribution in [2.45, 2.75) is 19.8 Å². The molecule has 0 atom stereocenters. The third-order valence-corrected chi connectivity index (χ3v) is 1.63. The Bertz CT molecular complexity index is 181. The van der Waals surface area contributed by atoms with Gasteiger partial charge in [-0.1, -0.05) is 0 Å². The smallest absolute Gasteiger partial charge is 0.303 e. The number of hydrogen-bond donors (Lipinski definition) is 2. The lowest BCUT2D eigenvalue weighted by atomic mass is 10.3. The quantitative estimate of drug-likeness (QED) is 0.601. The molecule has 2 N–H and O–H groups in total. The van der Waals surface area contributed by atoms with Crippen LogP contribution in [-0.2, 0) is 9.59 Å². The van der Waals surface area contributed by atoms with Gasteiger partial charge in [0.2, 0.25) is 5.91 Å². The van der Waals surface area contributed by atoms with Crippen LogP contribution in [0, 0.1) is 0 Å². The molecule has 0 radical (unpaired) electrons. The zero-order chi connectivity index (χ0) is 10.3. The fourth-order valence-corrected chi connectivity index (χ4v) is 0.969. The minimum atomic E-state index is -0.868. The Morgan fingerprint density at radius 1 is 1.31 bits per heavy atom. The second-order valence-electron chi connectivity index (χ2n) is 2.73. The summed E-state index contributed by atoms with van der Waals surface area (Å²) in [7, 11) is 0. The van der Waals surface area contributed by atoms with Crippen LogP contribution < -0.4 is 0 Å². The first kappa shape index (κ1) is 11.9. The summed E-state index contributed by atoms with van der Waals surface area (Å²) in [5, 5.41) is 16.9. The highest BCUT2D eigenvalue weighted by molar-refractivity contribution is 5.73. The fraction of sp³-hybridized carbons (Fsp3) is 0.750. The van der Waals surface area contributed by atoms with Crippen molar-refractivity contribution >= 4 is 11.9 Å². The highest BCUT2D eigenvalue weighted by Crippen LogP contribution is 1.95. The topological polar surface area (TPSA) is 77.8 Å². The van der Waals surface area contributed by atoms with Gasteiger partial charge in [-0.3, -0.25) is 9.59 Å². The Morgan fingerprint density at radius 2 is 1.92 bits per heavy atom. The Kier molecular flexibility index (Phi) is 5.88. The fourth-order valence-electron chi connectivity index (χ4n) is 0.969. The summed E-state index contributed by atoms with van der Waals surface area (Å²) in [6.07, 6.45) is 0.476. The Hall–Kier alpha value is -1.10. The molecular weight excluding hydrogens is 174 g/mol. The zero-order valence-corrected chi connectivity index (χ0v) is 7.69. The van der Waals surface area contributed by atoms with Crippen LogP contribution in [0.1, 0.15) is 19.8 Å². The van der Waals surface area contributed by atoms with Crippen LogP contribution in [0.5, 0.6) is 0 Å². The number of amides is 1. The van der Waals surface area contributed by atoms with Crippen LogP contribution in [0.3, 0.4) is 0 Å². The first-order chi connectivity index (χ1) is 6.07. The van der Waals surface area contributed by atoms with Gasteiger partial charge in [0, 0.05) is 26.4 Å². The number of carbonyl (C=O) groups is 2. The zero-order valence-electron chi connectivity index (χ0n) is 7.69. The molecule has 0 saturated carbocycles.